The SMILES string of the molecule is C1=CCC(C2CCNCC2)NC1. The molecule has 0 amide bonds. The van der Waals surface area contributed by atoms with E-state index in [9.17, 15) is 0 Å². The average Bonchev–Trinajstić information content (AvgIpc) is 2.21. The number of piperidine rings is 1. The lowest BCUT2D eigenvalue weighted by atomic mass is 9.87. The van der Waals surface area contributed by atoms with Crippen LogP contribution in [0.3, 0.4) is 0 Å². The summed E-state index contributed by atoms with van der Waals surface area (Å²) >= 11 is 0. The Bertz CT molecular complexity index is 159. The van der Waals surface area contributed by atoms with Crippen LogP contribution in [0.1, 0.15) is 19.3 Å². The predicted octanol–water partition coefficient (Wildman–Crippen LogP) is 0.904. The maximum Gasteiger partial charge on any atom is 0.0137 e. The van der Waals surface area contributed by atoms with Gasteiger partial charge in [0.15, 0.2) is 0 Å². The molecule has 1 atom stereocenters. The second-order valence-electron chi connectivity index (χ2n) is 3.81. The minimum absolute atomic E-state index is 0.761. The van der Waals surface area contributed by atoms with Gasteiger partial charge < -0.3 is 10.6 Å². The van der Waals surface area contributed by atoms with Crippen LogP contribution in [-0.2, 0) is 0 Å². The molecule has 0 aromatic rings. The molecule has 0 aromatic heterocycles. The van der Waals surface area contributed by atoms with Gasteiger partial charge in [-0.05, 0) is 38.3 Å². The molecule has 0 radical (unpaired) electrons. The smallest absolute Gasteiger partial charge is 0.0137 e. The van der Waals surface area contributed by atoms with E-state index in [1.165, 1.54) is 32.4 Å². The summed E-state index contributed by atoms with van der Waals surface area (Å²) in [5.74, 6) is 0.913. The molecule has 12 heavy (non-hydrogen) atoms. The van der Waals surface area contributed by atoms with Crippen molar-refractivity contribution in [1.29, 1.82) is 0 Å². The van der Waals surface area contributed by atoms with Gasteiger partial charge in [-0.3, -0.25) is 0 Å². The van der Waals surface area contributed by atoms with Gasteiger partial charge >= 0.3 is 0 Å². The van der Waals surface area contributed by atoms with Crippen LogP contribution < -0.4 is 10.6 Å². The van der Waals surface area contributed by atoms with Crippen LogP contribution in [0.4, 0.5) is 0 Å². The second kappa shape index (κ2) is 4.06. The van der Waals surface area contributed by atoms with Gasteiger partial charge in [0.05, 0.1) is 0 Å². The number of hydrogen-bond acceptors (Lipinski definition) is 2. The summed E-state index contributed by atoms with van der Waals surface area (Å²) in [7, 11) is 0. The minimum atomic E-state index is 0.761. The van der Waals surface area contributed by atoms with E-state index >= 15 is 0 Å². The molecule has 2 heterocycles. The van der Waals surface area contributed by atoms with Gasteiger partial charge in [0, 0.05) is 12.6 Å². The molecule has 68 valence electrons. The van der Waals surface area contributed by atoms with E-state index in [1.807, 2.05) is 0 Å². The summed E-state index contributed by atoms with van der Waals surface area (Å²) in [6.45, 7) is 3.51. The molecule has 2 N–H and O–H groups in total. The van der Waals surface area contributed by atoms with E-state index in [0.29, 0.717) is 0 Å². The van der Waals surface area contributed by atoms with E-state index in [-0.39, 0.29) is 0 Å². The highest BCUT2D eigenvalue weighted by Crippen LogP contribution is 2.20. The summed E-state index contributed by atoms with van der Waals surface area (Å²) in [6, 6.07) is 0.761. The molecule has 2 aliphatic heterocycles. The van der Waals surface area contributed by atoms with Crippen molar-refractivity contribution in [2.75, 3.05) is 19.6 Å². The van der Waals surface area contributed by atoms with Crippen LogP contribution in [0.15, 0.2) is 12.2 Å². The normalized spacial score (nSPS) is 32.2. The summed E-state index contributed by atoms with van der Waals surface area (Å²) in [5.41, 5.74) is 0. The lowest BCUT2D eigenvalue weighted by Gasteiger charge is -2.32. The van der Waals surface area contributed by atoms with Crippen molar-refractivity contribution >= 4 is 0 Å². The third-order valence-corrected chi connectivity index (χ3v) is 3.01. The van der Waals surface area contributed by atoms with E-state index < -0.39 is 0 Å². The van der Waals surface area contributed by atoms with Crippen LogP contribution in [0.25, 0.3) is 0 Å². The van der Waals surface area contributed by atoms with Gasteiger partial charge in [0.1, 0.15) is 0 Å². The Kier molecular flexibility index (Phi) is 2.79. The molecule has 2 nitrogen and oxygen atoms in total. The number of hydrogen-bond donors (Lipinski definition) is 2. The molecule has 1 fully saturated rings. The van der Waals surface area contributed by atoms with Gasteiger partial charge in [-0.25, -0.2) is 0 Å². The Morgan fingerprint density at radius 2 is 1.92 bits per heavy atom. The molecular weight excluding hydrogens is 148 g/mol. The molecule has 0 saturated carbocycles. The Morgan fingerprint density at radius 1 is 1.08 bits per heavy atom. The van der Waals surface area contributed by atoms with Crippen LogP contribution in [0, 0.1) is 5.92 Å². The Morgan fingerprint density at radius 3 is 2.58 bits per heavy atom. The van der Waals surface area contributed by atoms with Crippen LogP contribution in [0.2, 0.25) is 0 Å². The summed E-state index contributed by atoms with van der Waals surface area (Å²) in [4.78, 5) is 0. The van der Waals surface area contributed by atoms with E-state index in [2.05, 4.69) is 22.8 Å². The largest absolute Gasteiger partial charge is 0.317 e. The minimum Gasteiger partial charge on any atom is -0.317 e. The Hall–Kier alpha value is -0.340. The molecule has 1 saturated heterocycles. The summed E-state index contributed by atoms with van der Waals surface area (Å²) in [5, 5.41) is 6.98. The van der Waals surface area contributed by atoms with Crippen molar-refractivity contribution in [2.45, 2.75) is 25.3 Å². The van der Waals surface area contributed by atoms with Crippen molar-refractivity contribution in [3.05, 3.63) is 12.2 Å². The first-order chi connectivity index (χ1) is 5.97. The maximum absolute atomic E-state index is 3.57. The molecule has 2 heteroatoms. The molecule has 0 aromatic carbocycles. The quantitative estimate of drug-likeness (QED) is 0.566. The zero-order chi connectivity index (χ0) is 8.23. The van der Waals surface area contributed by atoms with Gasteiger partial charge in [-0.1, -0.05) is 12.2 Å². The van der Waals surface area contributed by atoms with E-state index in [0.717, 1.165) is 18.5 Å². The van der Waals surface area contributed by atoms with Gasteiger partial charge in [-0.2, -0.15) is 0 Å². The van der Waals surface area contributed by atoms with Crippen LogP contribution in [0.5, 0.6) is 0 Å². The number of rotatable bonds is 1. The molecule has 0 aliphatic carbocycles. The summed E-state index contributed by atoms with van der Waals surface area (Å²) < 4.78 is 0. The predicted molar refractivity (Wildman–Crippen MR) is 51.1 cm³/mol. The molecule has 2 rings (SSSR count). The van der Waals surface area contributed by atoms with Crippen molar-refractivity contribution in [2.24, 2.45) is 5.92 Å². The lowest BCUT2D eigenvalue weighted by molar-refractivity contribution is 0.281. The summed E-state index contributed by atoms with van der Waals surface area (Å²) in [6.07, 6.45) is 8.50. The fourth-order valence-corrected chi connectivity index (χ4v) is 2.23. The van der Waals surface area contributed by atoms with Crippen LogP contribution in [-0.4, -0.2) is 25.7 Å². The van der Waals surface area contributed by atoms with Crippen molar-refractivity contribution in [3.8, 4) is 0 Å². The van der Waals surface area contributed by atoms with Gasteiger partial charge in [0.2, 0.25) is 0 Å². The van der Waals surface area contributed by atoms with Crippen molar-refractivity contribution in [3.63, 3.8) is 0 Å². The third-order valence-electron chi connectivity index (χ3n) is 3.01. The van der Waals surface area contributed by atoms with E-state index in [4.69, 9.17) is 0 Å². The average molecular weight is 166 g/mol. The van der Waals surface area contributed by atoms with Gasteiger partial charge in [-0.15, -0.1) is 0 Å². The molecule has 2 aliphatic rings. The fraction of sp³-hybridized carbons (Fsp3) is 0.800. The second-order valence-corrected chi connectivity index (χ2v) is 3.81. The molecule has 1 unspecified atom stereocenters. The standard InChI is InChI=1S/C10H18N2/c1-2-6-12-10(3-1)9-4-7-11-8-5-9/h1-2,9-12H,3-8H2. The Labute approximate surface area is 74.4 Å². The number of nitrogens with one attached hydrogen (secondary N) is 2. The highest BCUT2D eigenvalue weighted by Gasteiger charge is 2.22. The lowest BCUT2D eigenvalue weighted by Crippen LogP contribution is -2.42. The first kappa shape index (κ1) is 8.27. The zero-order valence-corrected chi connectivity index (χ0v) is 7.55. The molecule has 0 spiro atoms. The Balaban J connectivity index is 1.85. The first-order valence-corrected chi connectivity index (χ1v) is 5.06. The van der Waals surface area contributed by atoms with Crippen molar-refractivity contribution < 1.29 is 0 Å². The molecular formula is C10H18N2. The maximum atomic E-state index is 3.57. The zero-order valence-electron chi connectivity index (χ0n) is 7.55. The topological polar surface area (TPSA) is 24.1 Å². The first-order valence-electron chi connectivity index (χ1n) is 5.06. The monoisotopic (exact) mass is 166 g/mol. The molecule has 0 bridgehead atoms. The highest BCUT2D eigenvalue weighted by atomic mass is 14.9. The fourth-order valence-electron chi connectivity index (χ4n) is 2.23. The highest BCUT2D eigenvalue weighted by molar-refractivity contribution is 4.97. The van der Waals surface area contributed by atoms with Crippen molar-refractivity contribution in [1.82, 2.24) is 10.6 Å². The van der Waals surface area contributed by atoms with Gasteiger partial charge in [0.25, 0.3) is 0 Å². The van der Waals surface area contributed by atoms with Crippen LogP contribution >= 0.6 is 0 Å². The van der Waals surface area contributed by atoms with E-state index in [1.54, 1.807) is 0 Å². The third kappa shape index (κ3) is 1.87.